The van der Waals surface area contributed by atoms with Gasteiger partial charge in [0.25, 0.3) is 0 Å². The predicted octanol–water partition coefficient (Wildman–Crippen LogP) is 1.66. The summed E-state index contributed by atoms with van der Waals surface area (Å²) in [4.78, 5) is 0. The Morgan fingerprint density at radius 3 is 2.35 bits per heavy atom. The maximum Gasteiger partial charge on any atom is 0.200 e. The molecular formula is C15H23NO4. The van der Waals surface area contributed by atoms with E-state index in [0.717, 1.165) is 31.4 Å². The van der Waals surface area contributed by atoms with Crippen LogP contribution in [0.15, 0.2) is 12.1 Å². The summed E-state index contributed by atoms with van der Waals surface area (Å²) in [5.41, 5.74) is 0.976. The first kappa shape index (κ1) is 14.9. The number of ether oxygens (including phenoxy) is 2. The molecule has 1 saturated carbocycles. The smallest absolute Gasteiger partial charge is 0.200 e. The lowest BCUT2D eigenvalue weighted by Gasteiger charge is -2.16. The van der Waals surface area contributed by atoms with Crippen molar-refractivity contribution in [3.63, 3.8) is 0 Å². The second kappa shape index (κ2) is 6.81. The van der Waals surface area contributed by atoms with E-state index in [9.17, 15) is 10.2 Å². The Balaban J connectivity index is 1.95. The fraction of sp³-hybridized carbons (Fsp3) is 0.600. The van der Waals surface area contributed by atoms with E-state index in [2.05, 4.69) is 5.32 Å². The van der Waals surface area contributed by atoms with E-state index in [1.165, 1.54) is 14.2 Å². The summed E-state index contributed by atoms with van der Waals surface area (Å²) in [6.45, 7) is 1.45. The molecule has 5 nitrogen and oxygen atoms in total. The number of aliphatic hydroxyl groups excluding tert-OH is 1. The fourth-order valence-corrected chi connectivity index (χ4v) is 2.71. The van der Waals surface area contributed by atoms with Crippen LogP contribution in [0.2, 0.25) is 0 Å². The topological polar surface area (TPSA) is 71.0 Å². The third-order valence-electron chi connectivity index (χ3n) is 3.89. The molecule has 3 N–H and O–H groups in total. The lowest BCUT2D eigenvalue weighted by atomic mass is 10.1. The fourth-order valence-electron chi connectivity index (χ4n) is 2.71. The van der Waals surface area contributed by atoms with Gasteiger partial charge in [-0.25, -0.2) is 0 Å². The van der Waals surface area contributed by atoms with E-state index in [0.29, 0.717) is 24.0 Å². The Kier molecular flexibility index (Phi) is 5.09. The molecule has 1 aromatic carbocycles. The van der Waals surface area contributed by atoms with Gasteiger partial charge in [0.05, 0.1) is 20.3 Å². The average molecular weight is 281 g/mol. The highest BCUT2D eigenvalue weighted by Gasteiger charge is 2.24. The van der Waals surface area contributed by atoms with Crippen molar-refractivity contribution in [3.8, 4) is 17.2 Å². The third-order valence-corrected chi connectivity index (χ3v) is 3.89. The van der Waals surface area contributed by atoms with Gasteiger partial charge >= 0.3 is 0 Å². The number of nitrogens with one attached hydrogen (secondary N) is 1. The van der Waals surface area contributed by atoms with E-state index in [4.69, 9.17) is 9.47 Å². The summed E-state index contributed by atoms with van der Waals surface area (Å²) < 4.78 is 10.3. The molecule has 0 aromatic heterocycles. The van der Waals surface area contributed by atoms with Crippen LogP contribution in [0.5, 0.6) is 17.2 Å². The molecule has 0 bridgehead atoms. The van der Waals surface area contributed by atoms with Crippen LogP contribution in [0.3, 0.4) is 0 Å². The second-order valence-electron chi connectivity index (χ2n) is 5.24. The number of rotatable bonds is 6. The molecule has 2 rings (SSSR count). The molecule has 0 radical (unpaired) electrons. The number of phenols is 1. The van der Waals surface area contributed by atoms with E-state index < -0.39 is 0 Å². The van der Waals surface area contributed by atoms with Crippen LogP contribution < -0.4 is 14.8 Å². The molecule has 5 heteroatoms. The molecule has 0 heterocycles. The van der Waals surface area contributed by atoms with E-state index in [-0.39, 0.29) is 11.9 Å². The summed E-state index contributed by atoms with van der Waals surface area (Å²) in [6, 6.07) is 3.58. The lowest BCUT2D eigenvalue weighted by Crippen LogP contribution is -2.27. The van der Waals surface area contributed by atoms with E-state index in [1.807, 2.05) is 0 Å². The molecule has 2 atom stereocenters. The van der Waals surface area contributed by atoms with Crippen molar-refractivity contribution < 1.29 is 19.7 Å². The number of aliphatic hydroxyl groups is 1. The monoisotopic (exact) mass is 281 g/mol. The quantitative estimate of drug-likeness (QED) is 0.740. The molecule has 0 aliphatic heterocycles. The molecule has 20 heavy (non-hydrogen) atoms. The summed E-state index contributed by atoms with van der Waals surface area (Å²) in [5.74, 6) is 1.17. The SMILES string of the molecule is COc1cc(CNCC2CCCC2O)cc(OC)c1O. The normalized spacial score (nSPS) is 21.9. The highest BCUT2D eigenvalue weighted by atomic mass is 16.5. The summed E-state index contributed by atoms with van der Waals surface area (Å²) in [7, 11) is 3.03. The van der Waals surface area contributed by atoms with Crippen LogP contribution in [-0.4, -0.2) is 37.1 Å². The zero-order valence-electron chi connectivity index (χ0n) is 12.1. The maximum absolute atomic E-state index is 9.84. The van der Waals surface area contributed by atoms with Gasteiger partial charge in [0.1, 0.15) is 0 Å². The molecule has 1 aromatic rings. The van der Waals surface area contributed by atoms with Crippen LogP contribution >= 0.6 is 0 Å². The first-order chi connectivity index (χ1) is 9.65. The zero-order valence-corrected chi connectivity index (χ0v) is 12.1. The number of hydrogen-bond donors (Lipinski definition) is 3. The number of hydrogen-bond acceptors (Lipinski definition) is 5. The Morgan fingerprint density at radius 1 is 1.20 bits per heavy atom. The molecule has 0 amide bonds. The van der Waals surface area contributed by atoms with Gasteiger partial charge in [0.15, 0.2) is 11.5 Å². The van der Waals surface area contributed by atoms with Gasteiger partial charge in [0.2, 0.25) is 5.75 Å². The van der Waals surface area contributed by atoms with Crippen molar-refractivity contribution in [1.29, 1.82) is 0 Å². The zero-order chi connectivity index (χ0) is 14.5. The van der Waals surface area contributed by atoms with Crippen molar-refractivity contribution >= 4 is 0 Å². The molecule has 0 spiro atoms. The van der Waals surface area contributed by atoms with E-state index in [1.54, 1.807) is 12.1 Å². The standard InChI is InChI=1S/C15H23NO4/c1-19-13-6-10(7-14(20-2)15(13)18)8-16-9-11-4-3-5-12(11)17/h6-7,11-12,16-18H,3-5,8-9H2,1-2H3. The number of benzene rings is 1. The van der Waals surface area contributed by atoms with Crippen molar-refractivity contribution in [3.05, 3.63) is 17.7 Å². The average Bonchev–Trinajstić information content (AvgIpc) is 2.86. The molecule has 1 aliphatic carbocycles. The molecule has 2 unspecified atom stereocenters. The largest absolute Gasteiger partial charge is 0.502 e. The van der Waals surface area contributed by atoms with Crippen LogP contribution in [-0.2, 0) is 6.54 Å². The van der Waals surface area contributed by atoms with Crippen LogP contribution in [0.1, 0.15) is 24.8 Å². The van der Waals surface area contributed by atoms with Gasteiger partial charge < -0.3 is 25.0 Å². The van der Waals surface area contributed by atoms with Crippen molar-refractivity contribution in [2.45, 2.75) is 31.9 Å². The molecule has 112 valence electrons. The molecular weight excluding hydrogens is 258 g/mol. The minimum Gasteiger partial charge on any atom is -0.502 e. The predicted molar refractivity (Wildman–Crippen MR) is 76.3 cm³/mol. The van der Waals surface area contributed by atoms with Gasteiger partial charge in [-0.3, -0.25) is 0 Å². The second-order valence-corrected chi connectivity index (χ2v) is 5.24. The third kappa shape index (κ3) is 3.35. The van der Waals surface area contributed by atoms with Gasteiger partial charge in [-0.15, -0.1) is 0 Å². The van der Waals surface area contributed by atoms with Crippen LogP contribution in [0.25, 0.3) is 0 Å². The summed E-state index contributed by atoms with van der Waals surface area (Å²) in [6.07, 6.45) is 2.92. The Hall–Kier alpha value is -1.46. The number of methoxy groups -OCH3 is 2. The van der Waals surface area contributed by atoms with Gasteiger partial charge in [0, 0.05) is 13.1 Å². The van der Waals surface area contributed by atoms with Crippen LogP contribution in [0.4, 0.5) is 0 Å². The number of aromatic hydroxyl groups is 1. The van der Waals surface area contributed by atoms with Gasteiger partial charge in [-0.2, -0.15) is 0 Å². The van der Waals surface area contributed by atoms with Crippen molar-refractivity contribution in [2.24, 2.45) is 5.92 Å². The molecule has 0 saturated heterocycles. The highest BCUT2D eigenvalue weighted by Crippen LogP contribution is 2.37. The highest BCUT2D eigenvalue weighted by molar-refractivity contribution is 5.52. The van der Waals surface area contributed by atoms with Crippen LogP contribution in [0, 0.1) is 5.92 Å². The minimum absolute atomic E-state index is 0.0185. The first-order valence-electron chi connectivity index (χ1n) is 6.98. The number of phenolic OH excluding ortho intramolecular Hbond substituents is 1. The first-order valence-corrected chi connectivity index (χ1v) is 6.98. The Labute approximate surface area is 119 Å². The van der Waals surface area contributed by atoms with Crippen molar-refractivity contribution in [2.75, 3.05) is 20.8 Å². The Morgan fingerprint density at radius 2 is 1.85 bits per heavy atom. The summed E-state index contributed by atoms with van der Waals surface area (Å²) in [5, 5.41) is 23.0. The maximum atomic E-state index is 9.84. The minimum atomic E-state index is -0.175. The molecule has 1 fully saturated rings. The van der Waals surface area contributed by atoms with Gasteiger partial charge in [-0.05, 0) is 36.5 Å². The summed E-state index contributed by atoms with van der Waals surface area (Å²) >= 11 is 0. The van der Waals surface area contributed by atoms with Crippen molar-refractivity contribution in [1.82, 2.24) is 5.32 Å². The van der Waals surface area contributed by atoms with E-state index >= 15 is 0 Å². The Bertz CT molecular complexity index is 424. The lowest BCUT2D eigenvalue weighted by molar-refractivity contribution is 0.131. The van der Waals surface area contributed by atoms with Gasteiger partial charge in [-0.1, -0.05) is 6.42 Å². The molecule has 1 aliphatic rings.